The minimum absolute atomic E-state index is 0.142. The number of ether oxygens (including phenoxy) is 2. The maximum Gasteiger partial charge on any atom is 0.261 e. The van der Waals surface area contributed by atoms with E-state index in [1.165, 1.54) is 19.1 Å². The highest BCUT2D eigenvalue weighted by Crippen LogP contribution is 2.30. The van der Waals surface area contributed by atoms with Crippen molar-refractivity contribution < 1.29 is 19.1 Å². The van der Waals surface area contributed by atoms with Gasteiger partial charge in [0.25, 0.3) is 5.91 Å². The Hall–Kier alpha value is -3.52. The number of hydrogen-bond donors (Lipinski definition) is 1. The fraction of sp³-hybridized carbons (Fsp3) is 0.393. The summed E-state index contributed by atoms with van der Waals surface area (Å²) in [6, 6.07) is 14.2. The number of hydrogen-bond acceptors (Lipinski definition) is 5. The lowest BCUT2D eigenvalue weighted by atomic mass is 9.92. The molecule has 0 spiro atoms. The maximum absolute atomic E-state index is 13.6. The largest absolute Gasteiger partial charge is 0.496 e. The van der Waals surface area contributed by atoms with Gasteiger partial charge in [-0.25, -0.2) is 4.68 Å². The Morgan fingerprint density at radius 3 is 2.22 bits per heavy atom. The lowest BCUT2D eigenvalue weighted by molar-refractivity contribution is -0.117. The van der Waals surface area contributed by atoms with E-state index in [-0.39, 0.29) is 29.3 Å². The number of unbranched alkanes of at least 4 members (excludes halogenated alkanes) is 1. The monoisotopic (exact) mass is 526 g/mol. The summed E-state index contributed by atoms with van der Waals surface area (Å²) in [5.41, 5.74) is 1.63. The third-order valence-corrected chi connectivity index (χ3v) is 6.11. The van der Waals surface area contributed by atoms with Gasteiger partial charge in [-0.15, -0.1) is 0 Å². The number of carbonyl (C=O) groups is 2. The van der Waals surface area contributed by atoms with Crippen LogP contribution in [0.3, 0.4) is 0 Å². The second-order valence-electron chi connectivity index (χ2n) is 9.72. The zero-order valence-corrected chi connectivity index (χ0v) is 23.1. The van der Waals surface area contributed by atoms with E-state index < -0.39 is 0 Å². The summed E-state index contributed by atoms with van der Waals surface area (Å²) in [7, 11) is 3.00. The van der Waals surface area contributed by atoms with Crippen LogP contribution in [-0.4, -0.2) is 53.8 Å². The summed E-state index contributed by atoms with van der Waals surface area (Å²) in [6.07, 6.45) is 1.61. The minimum Gasteiger partial charge on any atom is -0.496 e. The molecule has 0 bridgehead atoms. The standard InChI is InChI=1S/C28H35ClN4O4/c1-7-8-16-32(27(35)26-21(36-5)10-9-11-22(26)37-6)18-25(34)30-24-17-23(28(2,3)4)31-33(24)20-14-12-19(29)13-15-20/h9-15,17H,7-8,16,18H2,1-6H3,(H,30,34). The van der Waals surface area contributed by atoms with Crippen molar-refractivity contribution in [2.45, 2.75) is 46.0 Å². The van der Waals surface area contributed by atoms with E-state index in [1.807, 2.05) is 25.1 Å². The fourth-order valence-corrected chi connectivity index (χ4v) is 3.92. The number of halogens is 1. The smallest absolute Gasteiger partial charge is 0.261 e. The molecule has 0 aliphatic heterocycles. The molecule has 2 aromatic carbocycles. The molecule has 0 radical (unpaired) electrons. The molecule has 1 aromatic heterocycles. The molecule has 3 rings (SSSR count). The van der Waals surface area contributed by atoms with Crippen molar-refractivity contribution in [1.82, 2.24) is 14.7 Å². The topological polar surface area (TPSA) is 85.7 Å². The third kappa shape index (κ3) is 6.83. The van der Waals surface area contributed by atoms with E-state index in [0.717, 1.165) is 24.2 Å². The highest BCUT2D eigenvalue weighted by Gasteiger charge is 2.27. The molecule has 0 saturated carbocycles. The molecular weight excluding hydrogens is 492 g/mol. The van der Waals surface area contributed by atoms with Crippen molar-refractivity contribution in [1.29, 1.82) is 0 Å². The molecule has 0 atom stereocenters. The van der Waals surface area contributed by atoms with E-state index in [9.17, 15) is 9.59 Å². The number of carbonyl (C=O) groups excluding carboxylic acids is 2. The van der Waals surface area contributed by atoms with E-state index in [0.29, 0.717) is 28.9 Å². The molecule has 0 unspecified atom stereocenters. The third-order valence-electron chi connectivity index (χ3n) is 5.86. The van der Waals surface area contributed by atoms with Gasteiger partial charge >= 0.3 is 0 Å². The number of benzene rings is 2. The number of nitrogens with zero attached hydrogens (tertiary/aromatic N) is 3. The molecule has 0 fully saturated rings. The number of nitrogens with one attached hydrogen (secondary N) is 1. The average molecular weight is 527 g/mol. The molecule has 37 heavy (non-hydrogen) atoms. The molecule has 8 nitrogen and oxygen atoms in total. The van der Waals surface area contributed by atoms with Crippen LogP contribution in [0.15, 0.2) is 48.5 Å². The molecule has 0 aliphatic rings. The van der Waals surface area contributed by atoms with Crippen molar-refractivity contribution in [2.75, 3.05) is 32.6 Å². The molecule has 1 heterocycles. The first-order valence-corrected chi connectivity index (χ1v) is 12.6. The Bertz CT molecular complexity index is 1210. The summed E-state index contributed by atoms with van der Waals surface area (Å²) in [4.78, 5) is 28.4. The summed E-state index contributed by atoms with van der Waals surface area (Å²) in [5, 5.41) is 8.30. The number of rotatable bonds is 10. The Labute approximate surface area is 223 Å². The van der Waals surface area contributed by atoms with E-state index in [2.05, 4.69) is 26.1 Å². The van der Waals surface area contributed by atoms with Crippen LogP contribution in [0.25, 0.3) is 5.69 Å². The normalized spacial score (nSPS) is 11.2. The predicted molar refractivity (Wildman–Crippen MR) is 146 cm³/mol. The SMILES string of the molecule is CCCCN(CC(=O)Nc1cc(C(C)(C)C)nn1-c1ccc(Cl)cc1)C(=O)c1c(OC)cccc1OC. The fourth-order valence-electron chi connectivity index (χ4n) is 3.79. The van der Waals surface area contributed by atoms with Crippen molar-refractivity contribution in [3.8, 4) is 17.2 Å². The van der Waals surface area contributed by atoms with Gasteiger partial charge in [-0.1, -0.05) is 51.8 Å². The number of aromatic nitrogens is 2. The van der Waals surface area contributed by atoms with Gasteiger partial charge in [-0.2, -0.15) is 5.10 Å². The zero-order chi connectivity index (χ0) is 27.2. The molecule has 2 amide bonds. The van der Waals surface area contributed by atoms with Crippen LogP contribution in [-0.2, 0) is 10.2 Å². The Morgan fingerprint density at radius 2 is 1.68 bits per heavy atom. The molecule has 0 aliphatic carbocycles. The van der Waals surface area contributed by atoms with Gasteiger partial charge in [0.15, 0.2) is 0 Å². The molecule has 0 saturated heterocycles. The van der Waals surface area contributed by atoms with Gasteiger partial charge in [0, 0.05) is 23.0 Å². The predicted octanol–water partition coefficient (Wildman–Crippen LogP) is 5.72. The van der Waals surface area contributed by atoms with E-state index in [1.54, 1.807) is 35.0 Å². The summed E-state index contributed by atoms with van der Waals surface area (Å²) < 4.78 is 12.5. The molecular formula is C28H35ClN4O4. The highest BCUT2D eigenvalue weighted by atomic mass is 35.5. The van der Waals surface area contributed by atoms with Crippen molar-refractivity contribution in [3.63, 3.8) is 0 Å². The van der Waals surface area contributed by atoms with Crippen molar-refractivity contribution in [3.05, 3.63) is 64.8 Å². The van der Waals surface area contributed by atoms with Gasteiger partial charge in [-0.05, 0) is 42.8 Å². The van der Waals surface area contributed by atoms with Crippen LogP contribution in [0.2, 0.25) is 5.02 Å². The average Bonchev–Trinajstić information content (AvgIpc) is 3.30. The van der Waals surface area contributed by atoms with Gasteiger partial charge in [0.1, 0.15) is 29.4 Å². The van der Waals surface area contributed by atoms with Crippen LogP contribution in [0.4, 0.5) is 5.82 Å². The lowest BCUT2D eigenvalue weighted by Gasteiger charge is -2.24. The second-order valence-corrected chi connectivity index (χ2v) is 10.2. The van der Waals surface area contributed by atoms with Gasteiger partial charge in [-0.3, -0.25) is 9.59 Å². The molecule has 3 aromatic rings. The highest BCUT2D eigenvalue weighted by molar-refractivity contribution is 6.30. The summed E-state index contributed by atoms with van der Waals surface area (Å²) >= 11 is 6.07. The second kappa shape index (κ2) is 12.1. The first-order chi connectivity index (χ1) is 17.6. The first kappa shape index (κ1) is 28.1. The molecule has 198 valence electrons. The van der Waals surface area contributed by atoms with Crippen molar-refractivity contribution >= 4 is 29.2 Å². The quantitative estimate of drug-likeness (QED) is 0.365. The van der Waals surface area contributed by atoms with E-state index in [4.69, 9.17) is 26.2 Å². The zero-order valence-electron chi connectivity index (χ0n) is 22.3. The Balaban J connectivity index is 1.91. The van der Waals surface area contributed by atoms with Crippen LogP contribution in [0.1, 0.15) is 56.6 Å². The molecule has 9 heteroatoms. The van der Waals surface area contributed by atoms with Gasteiger partial charge in [0.2, 0.25) is 5.91 Å². The number of methoxy groups -OCH3 is 2. The van der Waals surface area contributed by atoms with Crippen LogP contribution < -0.4 is 14.8 Å². The first-order valence-electron chi connectivity index (χ1n) is 12.3. The minimum atomic E-state index is -0.339. The van der Waals surface area contributed by atoms with Gasteiger partial charge < -0.3 is 19.7 Å². The maximum atomic E-state index is 13.6. The Kier molecular flexibility index (Phi) is 9.21. The van der Waals surface area contributed by atoms with E-state index >= 15 is 0 Å². The van der Waals surface area contributed by atoms with Crippen LogP contribution in [0.5, 0.6) is 11.5 Å². The van der Waals surface area contributed by atoms with Crippen LogP contribution in [0, 0.1) is 0 Å². The lowest BCUT2D eigenvalue weighted by Crippen LogP contribution is -2.39. The van der Waals surface area contributed by atoms with Gasteiger partial charge in [0.05, 0.1) is 25.6 Å². The number of amides is 2. The number of anilines is 1. The van der Waals surface area contributed by atoms with Crippen LogP contribution >= 0.6 is 11.6 Å². The summed E-state index contributed by atoms with van der Waals surface area (Å²) in [5.74, 6) is 0.618. The van der Waals surface area contributed by atoms with Crippen molar-refractivity contribution in [2.24, 2.45) is 0 Å². The Morgan fingerprint density at radius 1 is 1.05 bits per heavy atom. The summed E-state index contributed by atoms with van der Waals surface area (Å²) in [6.45, 7) is 8.46. The molecule has 1 N–H and O–H groups in total.